The summed E-state index contributed by atoms with van der Waals surface area (Å²) in [4.78, 5) is 32.3. The Kier molecular flexibility index (Phi) is 7.36. The van der Waals surface area contributed by atoms with E-state index in [1.165, 1.54) is 6.92 Å². The van der Waals surface area contributed by atoms with Crippen LogP contribution in [-0.2, 0) is 9.59 Å². The lowest BCUT2D eigenvalue weighted by atomic mass is 9.98. The smallest absolute Gasteiger partial charge is 0.227 e. The minimum atomic E-state index is -0.893. The van der Waals surface area contributed by atoms with Gasteiger partial charge in [-0.15, -0.1) is 0 Å². The molecule has 29 heavy (non-hydrogen) atoms. The van der Waals surface area contributed by atoms with Crippen molar-refractivity contribution in [3.8, 4) is 0 Å². The number of hydrogen-bond acceptors (Lipinski definition) is 4. The molecular weight excluding hydrogens is 366 g/mol. The summed E-state index contributed by atoms with van der Waals surface area (Å²) in [7, 11) is 0. The molecule has 1 aliphatic carbocycles. The predicted octanol–water partition coefficient (Wildman–Crippen LogP) is 3.75. The molecule has 0 aliphatic heterocycles. The minimum Gasteiger partial charge on any atom is -0.386 e. The SMILES string of the molecule is CC(O)C(=O)CCCCC[C@H](NC(=O)C1C=CC=CC1)c1nc2ccccc2[nH]1. The van der Waals surface area contributed by atoms with Gasteiger partial charge in [0.25, 0.3) is 0 Å². The molecule has 0 fully saturated rings. The molecule has 0 radical (unpaired) electrons. The zero-order chi connectivity index (χ0) is 20.6. The Morgan fingerprint density at radius 3 is 2.79 bits per heavy atom. The molecule has 0 bridgehead atoms. The van der Waals surface area contributed by atoms with Crippen molar-refractivity contribution in [3.05, 3.63) is 54.4 Å². The number of benzene rings is 1. The number of H-pyrrole nitrogens is 1. The van der Waals surface area contributed by atoms with Gasteiger partial charge in [-0.25, -0.2) is 4.98 Å². The first-order valence-corrected chi connectivity index (χ1v) is 10.3. The van der Waals surface area contributed by atoms with E-state index >= 15 is 0 Å². The lowest BCUT2D eigenvalue weighted by molar-refractivity contribution is -0.126. The van der Waals surface area contributed by atoms with Crippen molar-refractivity contribution in [3.63, 3.8) is 0 Å². The molecule has 0 saturated heterocycles. The summed E-state index contributed by atoms with van der Waals surface area (Å²) in [5, 5.41) is 12.4. The number of aliphatic hydroxyl groups is 1. The number of Topliss-reactive ketones (excluding diaryl/α,β-unsaturated/α-hetero) is 1. The van der Waals surface area contributed by atoms with E-state index in [1.807, 2.05) is 48.6 Å². The molecule has 1 amide bonds. The van der Waals surface area contributed by atoms with E-state index in [9.17, 15) is 14.7 Å². The molecule has 6 nitrogen and oxygen atoms in total. The van der Waals surface area contributed by atoms with Crippen LogP contribution in [0.5, 0.6) is 0 Å². The Bertz CT molecular complexity index is 865. The fourth-order valence-corrected chi connectivity index (χ4v) is 3.50. The van der Waals surface area contributed by atoms with Gasteiger partial charge in [0.05, 0.1) is 23.0 Å². The van der Waals surface area contributed by atoms with Crippen molar-refractivity contribution >= 4 is 22.7 Å². The molecule has 6 heteroatoms. The highest BCUT2D eigenvalue weighted by molar-refractivity contribution is 5.82. The van der Waals surface area contributed by atoms with Gasteiger partial charge in [-0.3, -0.25) is 9.59 Å². The van der Waals surface area contributed by atoms with E-state index in [-0.39, 0.29) is 23.7 Å². The molecule has 3 atom stereocenters. The highest BCUT2D eigenvalue weighted by Gasteiger charge is 2.22. The van der Waals surface area contributed by atoms with E-state index in [4.69, 9.17) is 0 Å². The van der Waals surface area contributed by atoms with Gasteiger partial charge in [0.2, 0.25) is 5.91 Å². The van der Waals surface area contributed by atoms with Gasteiger partial charge in [0.15, 0.2) is 5.78 Å². The number of nitrogens with zero attached hydrogens (tertiary/aromatic N) is 1. The van der Waals surface area contributed by atoms with Gasteiger partial charge in [-0.1, -0.05) is 49.3 Å². The molecule has 3 rings (SSSR count). The molecule has 1 heterocycles. The van der Waals surface area contributed by atoms with Crippen LogP contribution in [0.2, 0.25) is 0 Å². The fourth-order valence-electron chi connectivity index (χ4n) is 3.50. The van der Waals surface area contributed by atoms with Gasteiger partial charge >= 0.3 is 0 Å². The third-order valence-electron chi connectivity index (χ3n) is 5.25. The number of allylic oxidation sites excluding steroid dienone is 3. The molecule has 1 aromatic carbocycles. The number of nitrogens with one attached hydrogen (secondary N) is 2. The summed E-state index contributed by atoms with van der Waals surface area (Å²) in [6, 6.07) is 7.61. The van der Waals surface area contributed by atoms with Gasteiger partial charge in [0, 0.05) is 6.42 Å². The van der Waals surface area contributed by atoms with Crippen molar-refractivity contribution in [2.45, 2.75) is 57.6 Å². The highest BCUT2D eigenvalue weighted by Crippen LogP contribution is 2.23. The summed E-state index contributed by atoms with van der Waals surface area (Å²) in [5.41, 5.74) is 1.83. The van der Waals surface area contributed by atoms with Crippen LogP contribution in [0.25, 0.3) is 11.0 Å². The van der Waals surface area contributed by atoms with Crippen LogP contribution < -0.4 is 5.32 Å². The van der Waals surface area contributed by atoms with Gasteiger partial charge in [-0.05, 0) is 38.3 Å². The lowest BCUT2D eigenvalue weighted by Crippen LogP contribution is -2.34. The number of aromatic amines is 1. The van der Waals surface area contributed by atoms with E-state index in [0.29, 0.717) is 12.8 Å². The molecule has 0 spiro atoms. The number of amides is 1. The van der Waals surface area contributed by atoms with Crippen molar-refractivity contribution in [1.29, 1.82) is 0 Å². The zero-order valence-corrected chi connectivity index (χ0v) is 16.8. The number of aliphatic hydroxyl groups excluding tert-OH is 1. The van der Waals surface area contributed by atoms with E-state index in [2.05, 4.69) is 15.3 Å². The van der Waals surface area contributed by atoms with Crippen LogP contribution >= 0.6 is 0 Å². The Morgan fingerprint density at radius 1 is 1.24 bits per heavy atom. The number of carbonyl (C=O) groups excluding carboxylic acids is 2. The minimum absolute atomic E-state index is 0.000314. The lowest BCUT2D eigenvalue weighted by Gasteiger charge is -2.20. The topological polar surface area (TPSA) is 95.1 Å². The average Bonchev–Trinajstić information content (AvgIpc) is 3.17. The fraction of sp³-hybridized carbons (Fsp3) is 0.435. The first-order chi connectivity index (χ1) is 14.0. The maximum atomic E-state index is 12.7. The second-order valence-electron chi connectivity index (χ2n) is 7.60. The van der Waals surface area contributed by atoms with E-state index in [0.717, 1.165) is 42.5 Å². The van der Waals surface area contributed by atoms with Crippen molar-refractivity contribution < 1.29 is 14.7 Å². The predicted molar refractivity (Wildman–Crippen MR) is 113 cm³/mol. The largest absolute Gasteiger partial charge is 0.386 e. The van der Waals surface area contributed by atoms with Gasteiger partial charge in [0.1, 0.15) is 11.9 Å². The maximum absolute atomic E-state index is 12.7. The van der Waals surface area contributed by atoms with Crippen LogP contribution in [0.15, 0.2) is 48.6 Å². The van der Waals surface area contributed by atoms with Crippen LogP contribution in [-0.4, -0.2) is 32.9 Å². The molecule has 0 saturated carbocycles. The molecule has 154 valence electrons. The van der Waals surface area contributed by atoms with E-state index < -0.39 is 6.10 Å². The molecule has 1 aliphatic rings. The van der Waals surface area contributed by atoms with Gasteiger partial charge < -0.3 is 15.4 Å². The quantitative estimate of drug-likeness (QED) is 0.534. The molecule has 2 unspecified atom stereocenters. The van der Waals surface area contributed by atoms with Crippen LogP contribution in [0, 0.1) is 5.92 Å². The second-order valence-corrected chi connectivity index (χ2v) is 7.60. The number of unbranched alkanes of at least 4 members (excludes halogenated alkanes) is 2. The Hall–Kier alpha value is -2.73. The number of rotatable bonds is 10. The standard InChI is InChI=1S/C23H29N3O3/c1-16(27)21(28)15-7-3-6-14-20(26-23(29)17-10-4-2-5-11-17)22-24-18-12-8-9-13-19(18)25-22/h2,4-5,8-10,12-13,16-17,20,27H,3,6-7,11,14-15H2,1H3,(H,24,25)(H,26,29)/t16?,17?,20-/m0/s1. The van der Waals surface area contributed by atoms with Crippen molar-refractivity contribution in [1.82, 2.24) is 15.3 Å². The Labute approximate surface area is 171 Å². The highest BCUT2D eigenvalue weighted by atomic mass is 16.3. The number of para-hydroxylation sites is 2. The molecule has 2 aromatic rings. The molecular formula is C23H29N3O3. The normalized spacial score (nSPS) is 17.9. The van der Waals surface area contributed by atoms with Crippen molar-refractivity contribution in [2.24, 2.45) is 5.92 Å². The summed E-state index contributed by atoms with van der Waals surface area (Å²) in [6.07, 6.45) is 11.2. The number of carbonyl (C=O) groups is 2. The average molecular weight is 396 g/mol. The summed E-state index contributed by atoms with van der Waals surface area (Å²) < 4.78 is 0. The Balaban J connectivity index is 1.63. The summed E-state index contributed by atoms with van der Waals surface area (Å²) >= 11 is 0. The zero-order valence-electron chi connectivity index (χ0n) is 16.8. The maximum Gasteiger partial charge on any atom is 0.227 e. The number of hydrogen-bond donors (Lipinski definition) is 3. The first-order valence-electron chi connectivity index (χ1n) is 10.3. The third kappa shape index (κ3) is 5.87. The number of fused-ring (bicyclic) bond motifs is 1. The first kappa shape index (κ1) is 21.0. The van der Waals surface area contributed by atoms with Crippen LogP contribution in [0.1, 0.15) is 57.3 Å². The summed E-state index contributed by atoms with van der Waals surface area (Å²) in [5.74, 6) is 0.482. The van der Waals surface area contributed by atoms with Crippen molar-refractivity contribution in [2.75, 3.05) is 0 Å². The van der Waals surface area contributed by atoms with Crippen LogP contribution in [0.4, 0.5) is 0 Å². The summed E-state index contributed by atoms with van der Waals surface area (Å²) in [6.45, 7) is 1.50. The van der Waals surface area contributed by atoms with Crippen LogP contribution in [0.3, 0.4) is 0 Å². The molecule has 1 aromatic heterocycles. The number of aromatic nitrogens is 2. The van der Waals surface area contributed by atoms with E-state index in [1.54, 1.807) is 0 Å². The third-order valence-corrected chi connectivity index (χ3v) is 5.25. The molecule has 3 N–H and O–H groups in total. The second kappa shape index (κ2) is 10.2. The number of imidazole rings is 1. The monoisotopic (exact) mass is 395 g/mol. The number of ketones is 1. The van der Waals surface area contributed by atoms with Gasteiger partial charge in [-0.2, -0.15) is 0 Å². The Morgan fingerprint density at radius 2 is 2.07 bits per heavy atom.